The summed E-state index contributed by atoms with van der Waals surface area (Å²) in [6.07, 6.45) is 3.06. The van der Waals surface area contributed by atoms with Crippen molar-refractivity contribution >= 4 is 21.7 Å². The van der Waals surface area contributed by atoms with E-state index in [1.807, 2.05) is 83.1 Å². The highest BCUT2D eigenvalue weighted by atomic mass is 32.2. The van der Waals surface area contributed by atoms with Crippen molar-refractivity contribution in [3.8, 4) is 16.9 Å². The first-order chi connectivity index (χ1) is 17.7. The van der Waals surface area contributed by atoms with E-state index in [0.717, 1.165) is 49.6 Å². The molecule has 0 amide bonds. The summed E-state index contributed by atoms with van der Waals surface area (Å²) in [6.45, 7) is 8.88. The van der Waals surface area contributed by atoms with Gasteiger partial charge in [-0.05, 0) is 55.2 Å². The van der Waals surface area contributed by atoms with Gasteiger partial charge in [-0.3, -0.25) is 8.89 Å². The van der Waals surface area contributed by atoms with Gasteiger partial charge in [-0.2, -0.15) is 10.2 Å². The third kappa shape index (κ3) is 4.77. The second kappa shape index (κ2) is 10.1. The largest absolute Gasteiger partial charge is 0.386 e. The molecule has 0 spiro atoms. The Balaban J connectivity index is 1.60. The number of nitrogens with zero attached hydrogens (tertiary/aromatic N) is 4. The molecule has 5 aromatic rings. The van der Waals surface area contributed by atoms with E-state index in [1.54, 1.807) is 6.26 Å². The number of hydrogen-bond acceptors (Lipinski definition) is 4. The molecule has 0 aliphatic heterocycles. The zero-order valence-corrected chi connectivity index (χ0v) is 22.7. The van der Waals surface area contributed by atoms with Crippen LogP contribution in [0.1, 0.15) is 48.3 Å². The molecule has 0 aliphatic carbocycles. The SMILES string of the molecule is Cc1cc(S(C)=O)ccc1-n1nc(-c2cccc3nn(CC(O)c4ccccc4)cc23)c(C(C)C)c1C. The van der Waals surface area contributed by atoms with E-state index in [-0.39, 0.29) is 5.92 Å². The van der Waals surface area contributed by atoms with Gasteiger partial charge in [-0.1, -0.05) is 56.3 Å². The van der Waals surface area contributed by atoms with Crippen LogP contribution < -0.4 is 0 Å². The standard InChI is InChI=1S/C30H32N4O2S/c1-19(2)29-21(4)34(27-15-14-23(37(5)36)16-20(27)3)32-30(29)24-12-9-13-26-25(24)17-33(31-26)18-28(35)22-10-7-6-8-11-22/h6-17,19,28,35H,18H2,1-5H3. The monoisotopic (exact) mass is 512 g/mol. The summed E-state index contributed by atoms with van der Waals surface area (Å²) in [4.78, 5) is 0.810. The first-order valence-corrected chi connectivity index (χ1v) is 14.0. The van der Waals surface area contributed by atoms with Gasteiger partial charge in [0.05, 0.1) is 29.5 Å². The molecule has 2 heterocycles. The number of hydrogen-bond donors (Lipinski definition) is 1. The summed E-state index contributed by atoms with van der Waals surface area (Å²) in [7, 11) is -1.03. The van der Waals surface area contributed by atoms with Crippen molar-refractivity contribution in [2.45, 2.75) is 51.2 Å². The first kappa shape index (κ1) is 25.1. The number of aliphatic hydroxyl groups is 1. The van der Waals surface area contributed by atoms with Crippen LogP contribution in [-0.4, -0.2) is 35.1 Å². The lowest BCUT2D eigenvalue weighted by Crippen LogP contribution is -2.08. The zero-order valence-electron chi connectivity index (χ0n) is 21.8. The van der Waals surface area contributed by atoms with Crippen LogP contribution in [0.15, 0.2) is 77.8 Å². The second-order valence-electron chi connectivity index (χ2n) is 9.83. The van der Waals surface area contributed by atoms with E-state index in [4.69, 9.17) is 10.2 Å². The minimum atomic E-state index is -1.03. The number of rotatable bonds is 7. The third-order valence-electron chi connectivity index (χ3n) is 6.87. The molecule has 190 valence electrons. The molecule has 2 aromatic heterocycles. The summed E-state index contributed by atoms with van der Waals surface area (Å²) < 4.78 is 15.8. The Morgan fingerprint density at radius 1 is 0.973 bits per heavy atom. The van der Waals surface area contributed by atoms with Crippen molar-refractivity contribution in [1.29, 1.82) is 0 Å². The van der Waals surface area contributed by atoms with Crippen molar-refractivity contribution in [2.24, 2.45) is 0 Å². The fourth-order valence-electron chi connectivity index (χ4n) is 5.03. The summed E-state index contributed by atoms with van der Waals surface area (Å²) in [5.74, 6) is 0.261. The minimum absolute atomic E-state index is 0.261. The third-order valence-corrected chi connectivity index (χ3v) is 7.78. The number of aromatic nitrogens is 4. The first-order valence-electron chi connectivity index (χ1n) is 12.5. The van der Waals surface area contributed by atoms with Gasteiger partial charge in [0.15, 0.2) is 0 Å². The molecule has 7 heteroatoms. The molecule has 0 fully saturated rings. The van der Waals surface area contributed by atoms with Gasteiger partial charge in [-0.25, -0.2) is 4.68 Å². The second-order valence-corrected chi connectivity index (χ2v) is 11.2. The summed E-state index contributed by atoms with van der Waals surface area (Å²) in [6, 6.07) is 21.7. The lowest BCUT2D eigenvalue weighted by Gasteiger charge is -2.11. The van der Waals surface area contributed by atoms with Gasteiger partial charge in [0.2, 0.25) is 0 Å². The Hall–Kier alpha value is -3.55. The molecule has 0 saturated carbocycles. The Morgan fingerprint density at radius 3 is 2.41 bits per heavy atom. The summed E-state index contributed by atoms with van der Waals surface area (Å²) in [5, 5.41) is 21.6. The molecule has 1 N–H and O–H groups in total. The van der Waals surface area contributed by atoms with Crippen LogP contribution in [0.3, 0.4) is 0 Å². The molecule has 2 atom stereocenters. The molecule has 3 aromatic carbocycles. The molecular formula is C30H32N4O2S. The molecule has 5 rings (SSSR count). The predicted molar refractivity (Wildman–Crippen MR) is 150 cm³/mol. The Labute approximate surface area is 220 Å². The van der Waals surface area contributed by atoms with Gasteiger partial charge >= 0.3 is 0 Å². The lowest BCUT2D eigenvalue weighted by molar-refractivity contribution is 0.152. The quantitative estimate of drug-likeness (QED) is 0.286. The molecule has 0 aliphatic rings. The smallest absolute Gasteiger partial charge is 0.0985 e. The van der Waals surface area contributed by atoms with Gasteiger partial charge in [-0.15, -0.1) is 0 Å². The highest BCUT2D eigenvalue weighted by Crippen LogP contribution is 2.36. The maximum absolute atomic E-state index is 12.0. The van der Waals surface area contributed by atoms with E-state index in [1.165, 1.54) is 5.56 Å². The lowest BCUT2D eigenvalue weighted by atomic mass is 9.95. The Morgan fingerprint density at radius 2 is 1.73 bits per heavy atom. The topological polar surface area (TPSA) is 72.9 Å². The molecule has 0 bridgehead atoms. The highest BCUT2D eigenvalue weighted by molar-refractivity contribution is 7.84. The van der Waals surface area contributed by atoms with Crippen LogP contribution in [-0.2, 0) is 17.3 Å². The van der Waals surface area contributed by atoms with E-state index in [2.05, 4.69) is 26.8 Å². The maximum atomic E-state index is 12.0. The average molecular weight is 513 g/mol. The van der Waals surface area contributed by atoms with E-state index < -0.39 is 16.9 Å². The molecule has 2 unspecified atom stereocenters. The summed E-state index contributed by atoms with van der Waals surface area (Å²) >= 11 is 0. The zero-order chi connectivity index (χ0) is 26.3. The molecule has 6 nitrogen and oxygen atoms in total. The number of aliphatic hydroxyl groups excluding tert-OH is 1. The van der Waals surface area contributed by atoms with Crippen LogP contribution in [0.4, 0.5) is 0 Å². The number of aryl methyl sites for hydroxylation is 1. The maximum Gasteiger partial charge on any atom is 0.0985 e. The average Bonchev–Trinajstić information content (AvgIpc) is 3.44. The van der Waals surface area contributed by atoms with E-state index in [9.17, 15) is 9.32 Å². The summed E-state index contributed by atoms with van der Waals surface area (Å²) in [5.41, 5.74) is 7.97. The Kier molecular flexibility index (Phi) is 6.84. The van der Waals surface area contributed by atoms with E-state index >= 15 is 0 Å². The van der Waals surface area contributed by atoms with E-state index in [0.29, 0.717) is 6.54 Å². The van der Waals surface area contributed by atoms with Crippen molar-refractivity contribution in [2.75, 3.05) is 6.26 Å². The molecule has 0 saturated heterocycles. The molecular weight excluding hydrogens is 480 g/mol. The van der Waals surface area contributed by atoms with Crippen LogP contribution in [0.25, 0.3) is 27.8 Å². The van der Waals surface area contributed by atoms with Crippen LogP contribution in [0.5, 0.6) is 0 Å². The van der Waals surface area contributed by atoms with Gasteiger partial charge in [0.25, 0.3) is 0 Å². The van der Waals surface area contributed by atoms with Crippen molar-refractivity contribution in [3.63, 3.8) is 0 Å². The van der Waals surface area contributed by atoms with Crippen molar-refractivity contribution in [1.82, 2.24) is 19.6 Å². The highest BCUT2D eigenvalue weighted by Gasteiger charge is 2.23. The fourth-order valence-corrected chi connectivity index (χ4v) is 5.64. The van der Waals surface area contributed by atoms with Gasteiger partial charge in [0.1, 0.15) is 0 Å². The molecule has 37 heavy (non-hydrogen) atoms. The molecule has 0 radical (unpaired) electrons. The van der Waals surface area contributed by atoms with Crippen LogP contribution >= 0.6 is 0 Å². The van der Waals surface area contributed by atoms with Crippen molar-refractivity contribution < 1.29 is 9.32 Å². The minimum Gasteiger partial charge on any atom is -0.386 e. The van der Waals surface area contributed by atoms with Crippen molar-refractivity contribution in [3.05, 3.63) is 95.3 Å². The number of benzene rings is 3. The normalized spacial score (nSPS) is 13.4. The fraction of sp³-hybridized carbons (Fsp3) is 0.267. The van der Waals surface area contributed by atoms with Crippen LogP contribution in [0, 0.1) is 13.8 Å². The van der Waals surface area contributed by atoms with Gasteiger partial charge in [0, 0.05) is 50.4 Å². The Bertz CT molecular complexity index is 1600. The number of fused-ring (bicyclic) bond motifs is 1. The van der Waals surface area contributed by atoms with Gasteiger partial charge < -0.3 is 5.11 Å². The van der Waals surface area contributed by atoms with Crippen LogP contribution in [0.2, 0.25) is 0 Å². The predicted octanol–water partition coefficient (Wildman–Crippen LogP) is 6.10.